The highest BCUT2D eigenvalue weighted by atomic mass is 19.1. The minimum absolute atomic E-state index is 0.0144. The second-order valence-corrected chi connectivity index (χ2v) is 9.55. The summed E-state index contributed by atoms with van der Waals surface area (Å²) in [7, 11) is 0. The summed E-state index contributed by atoms with van der Waals surface area (Å²) >= 11 is 0. The Morgan fingerprint density at radius 1 is 1.09 bits per heavy atom. The number of aromatic hydroxyl groups is 1. The first-order valence-electron chi connectivity index (χ1n) is 11.7. The molecule has 4 heterocycles. The first kappa shape index (κ1) is 21.8. The van der Waals surface area contributed by atoms with Crippen LogP contribution >= 0.6 is 0 Å². The second kappa shape index (κ2) is 7.89. The van der Waals surface area contributed by atoms with Crippen molar-refractivity contribution >= 4 is 27.4 Å². The van der Waals surface area contributed by atoms with Gasteiger partial charge in [0.1, 0.15) is 23.1 Å². The SMILES string of the molecule is C#Cc1ccc(F)c2cc(O)cc(-c3ncc4c(N5CC6CCC(C5)N6)nc(C)c(C)c4c3F)c12. The number of aromatic nitrogens is 2. The van der Waals surface area contributed by atoms with Crippen molar-refractivity contribution in [2.45, 2.75) is 38.8 Å². The van der Waals surface area contributed by atoms with Crippen molar-refractivity contribution in [1.82, 2.24) is 15.3 Å². The topological polar surface area (TPSA) is 61.3 Å². The molecule has 2 fully saturated rings. The Labute approximate surface area is 201 Å². The summed E-state index contributed by atoms with van der Waals surface area (Å²) in [5.41, 5.74) is 2.13. The minimum Gasteiger partial charge on any atom is -0.508 e. The highest BCUT2D eigenvalue weighted by molar-refractivity contribution is 6.04. The van der Waals surface area contributed by atoms with Gasteiger partial charge in [-0.3, -0.25) is 4.98 Å². The zero-order valence-corrected chi connectivity index (χ0v) is 19.5. The number of hydrogen-bond acceptors (Lipinski definition) is 5. The van der Waals surface area contributed by atoms with Gasteiger partial charge in [-0.15, -0.1) is 6.42 Å². The van der Waals surface area contributed by atoms with Gasteiger partial charge in [0.05, 0.1) is 0 Å². The van der Waals surface area contributed by atoms with Crippen LogP contribution in [0.1, 0.15) is 29.7 Å². The zero-order chi connectivity index (χ0) is 24.4. The lowest BCUT2D eigenvalue weighted by Gasteiger charge is -2.34. The molecular formula is C28H24F2N4O. The summed E-state index contributed by atoms with van der Waals surface area (Å²) in [5, 5.41) is 15.5. The van der Waals surface area contributed by atoms with Gasteiger partial charge in [0, 0.05) is 69.7 Å². The van der Waals surface area contributed by atoms with Crippen LogP contribution < -0.4 is 10.2 Å². The Morgan fingerprint density at radius 3 is 2.54 bits per heavy atom. The third-order valence-corrected chi connectivity index (χ3v) is 7.42. The van der Waals surface area contributed by atoms with E-state index in [2.05, 4.69) is 21.1 Å². The van der Waals surface area contributed by atoms with Crippen LogP contribution in [0.3, 0.4) is 0 Å². The number of nitrogens with zero attached hydrogens (tertiary/aromatic N) is 3. The molecule has 2 saturated heterocycles. The maximum atomic E-state index is 16.4. The van der Waals surface area contributed by atoms with Crippen molar-refractivity contribution in [2.24, 2.45) is 0 Å². The van der Waals surface area contributed by atoms with Crippen LogP contribution in [-0.2, 0) is 0 Å². The molecule has 4 aromatic rings. The number of aryl methyl sites for hydroxylation is 2. The van der Waals surface area contributed by atoms with Gasteiger partial charge in [0.25, 0.3) is 0 Å². The Bertz CT molecular complexity index is 1560. The lowest BCUT2D eigenvalue weighted by molar-refractivity contribution is 0.464. The van der Waals surface area contributed by atoms with Crippen LogP contribution in [0.25, 0.3) is 32.8 Å². The molecule has 2 bridgehead atoms. The van der Waals surface area contributed by atoms with E-state index in [0.717, 1.165) is 43.0 Å². The molecule has 2 atom stereocenters. The average molecular weight is 471 g/mol. The Balaban J connectivity index is 1.62. The Morgan fingerprint density at radius 2 is 1.83 bits per heavy atom. The molecule has 0 amide bonds. The number of pyridine rings is 2. The van der Waals surface area contributed by atoms with Gasteiger partial charge in [0.2, 0.25) is 0 Å². The number of rotatable bonds is 2. The fourth-order valence-electron chi connectivity index (χ4n) is 5.65. The van der Waals surface area contributed by atoms with Crippen molar-refractivity contribution in [3.63, 3.8) is 0 Å². The summed E-state index contributed by atoms with van der Waals surface area (Å²) in [6.07, 6.45) is 9.57. The van der Waals surface area contributed by atoms with E-state index in [9.17, 15) is 9.50 Å². The molecule has 2 unspecified atom stereocenters. The largest absolute Gasteiger partial charge is 0.508 e. The standard InChI is InChI=1S/C28H24F2N4O/c1-4-16-5-8-23(29)20-9-19(35)10-21(25(16)20)27-26(30)24-14(2)15(3)32-28(22(24)11-31-27)34-12-17-6-7-18(13-34)33-17/h1,5,8-11,17-18,33,35H,6-7,12-13H2,2-3H3. The normalized spacial score (nSPS) is 19.5. The molecule has 2 aliphatic rings. The summed E-state index contributed by atoms with van der Waals surface area (Å²) in [5.74, 6) is 2.00. The van der Waals surface area contributed by atoms with Gasteiger partial charge in [-0.25, -0.2) is 13.8 Å². The van der Waals surface area contributed by atoms with Crippen LogP contribution in [0, 0.1) is 37.8 Å². The van der Waals surface area contributed by atoms with E-state index in [4.69, 9.17) is 11.4 Å². The number of fused-ring (bicyclic) bond motifs is 4. The first-order valence-corrected chi connectivity index (χ1v) is 11.7. The third kappa shape index (κ3) is 3.32. The van der Waals surface area contributed by atoms with Crippen molar-refractivity contribution < 1.29 is 13.9 Å². The summed E-state index contributed by atoms with van der Waals surface area (Å²) in [6.45, 7) is 5.35. The highest BCUT2D eigenvalue weighted by Crippen LogP contribution is 2.40. The third-order valence-electron chi connectivity index (χ3n) is 7.42. The fourth-order valence-corrected chi connectivity index (χ4v) is 5.65. The number of halogens is 2. The molecule has 0 spiro atoms. The molecule has 5 nitrogen and oxygen atoms in total. The summed E-state index contributed by atoms with van der Waals surface area (Å²) in [6, 6.07) is 6.21. The lowest BCUT2D eigenvalue weighted by Crippen LogP contribution is -2.51. The van der Waals surface area contributed by atoms with E-state index < -0.39 is 11.6 Å². The van der Waals surface area contributed by atoms with Crippen LogP contribution in [0.5, 0.6) is 5.75 Å². The number of nitrogens with one attached hydrogen (secondary N) is 1. The second-order valence-electron chi connectivity index (χ2n) is 9.55. The Hall–Kier alpha value is -3.76. The van der Waals surface area contributed by atoms with Gasteiger partial charge >= 0.3 is 0 Å². The van der Waals surface area contributed by atoms with E-state index in [0.29, 0.717) is 33.8 Å². The predicted octanol–water partition coefficient (Wildman–Crippen LogP) is 4.97. The molecule has 2 aliphatic heterocycles. The maximum absolute atomic E-state index is 16.4. The quantitative estimate of drug-likeness (QED) is 0.405. The van der Waals surface area contributed by atoms with E-state index in [-0.39, 0.29) is 22.4 Å². The fraction of sp³-hybridized carbons (Fsp3) is 0.286. The molecule has 2 aromatic carbocycles. The smallest absolute Gasteiger partial charge is 0.157 e. The molecule has 7 heteroatoms. The average Bonchev–Trinajstić information content (AvgIpc) is 3.18. The van der Waals surface area contributed by atoms with Crippen molar-refractivity contribution in [3.05, 3.63) is 58.9 Å². The van der Waals surface area contributed by atoms with E-state index >= 15 is 4.39 Å². The number of benzene rings is 2. The molecule has 6 rings (SSSR count). The monoisotopic (exact) mass is 470 g/mol. The van der Waals surface area contributed by atoms with Crippen LogP contribution in [0.4, 0.5) is 14.6 Å². The number of phenols is 1. The van der Waals surface area contributed by atoms with Crippen LogP contribution in [-0.4, -0.2) is 40.2 Å². The molecule has 35 heavy (non-hydrogen) atoms. The molecule has 2 aromatic heterocycles. The number of terminal acetylenes is 1. The summed E-state index contributed by atoms with van der Waals surface area (Å²) < 4.78 is 31.0. The Kier molecular flexibility index (Phi) is 4.90. The minimum atomic E-state index is -0.552. The summed E-state index contributed by atoms with van der Waals surface area (Å²) in [4.78, 5) is 11.6. The lowest BCUT2D eigenvalue weighted by atomic mass is 9.94. The van der Waals surface area contributed by atoms with Crippen molar-refractivity contribution in [3.8, 4) is 29.4 Å². The van der Waals surface area contributed by atoms with E-state index in [1.807, 2.05) is 13.8 Å². The van der Waals surface area contributed by atoms with Crippen molar-refractivity contribution in [2.75, 3.05) is 18.0 Å². The molecule has 0 aliphatic carbocycles. The van der Waals surface area contributed by atoms with Crippen LogP contribution in [0.15, 0.2) is 30.5 Å². The van der Waals surface area contributed by atoms with Gasteiger partial charge in [0.15, 0.2) is 5.82 Å². The molecule has 176 valence electrons. The number of piperazine rings is 1. The highest BCUT2D eigenvalue weighted by Gasteiger charge is 2.34. The first-order chi connectivity index (χ1) is 16.9. The zero-order valence-electron chi connectivity index (χ0n) is 19.5. The van der Waals surface area contributed by atoms with Crippen molar-refractivity contribution in [1.29, 1.82) is 0 Å². The van der Waals surface area contributed by atoms with Gasteiger partial charge < -0.3 is 15.3 Å². The predicted molar refractivity (Wildman–Crippen MR) is 134 cm³/mol. The number of phenolic OH excluding ortho intramolecular Hbond substituents is 1. The van der Waals surface area contributed by atoms with E-state index in [1.54, 1.807) is 6.20 Å². The van der Waals surface area contributed by atoms with Gasteiger partial charge in [-0.1, -0.05) is 5.92 Å². The number of anilines is 1. The number of hydrogen-bond donors (Lipinski definition) is 2. The molecule has 2 N–H and O–H groups in total. The van der Waals surface area contributed by atoms with Crippen LogP contribution in [0.2, 0.25) is 0 Å². The van der Waals surface area contributed by atoms with Gasteiger partial charge in [-0.05, 0) is 56.5 Å². The van der Waals surface area contributed by atoms with E-state index in [1.165, 1.54) is 24.3 Å². The molecule has 0 radical (unpaired) electrons. The molecule has 0 saturated carbocycles. The van der Waals surface area contributed by atoms with Gasteiger partial charge in [-0.2, -0.15) is 0 Å². The molecular weight excluding hydrogens is 446 g/mol. The maximum Gasteiger partial charge on any atom is 0.157 e.